The lowest BCUT2D eigenvalue weighted by Crippen LogP contribution is -2.56. The Morgan fingerprint density at radius 3 is 2.44 bits per heavy atom. The number of hydrogen-bond acceptors (Lipinski definition) is 3. The molecule has 104 valence electrons. The second kappa shape index (κ2) is 6.18. The van der Waals surface area contributed by atoms with Crippen molar-refractivity contribution in [3.8, 4) is 0 Å². The number of nitrogens with zero attached hydrogens (tertiary/aromatic N) is 1. The third-order valence-corrected chi connectivity index (χ3v) is 3.50. The van der Waals surface area contributed by atoms with Crippen LogP contribution in [0.25, 0.3) is 0 Å². The molecule has 1 amide bonds. The molecule has 0 aromatic heterocycles. The van der Waals surface area contributed by atoms with Crippen LogP contribution in [0.1, 0.15) is 40.5 Å². The fraction of sp³-hybridized carbons (Fsp3) is 0.846. The van der Waals surface area contributed by atoms with Gasteiger partial charge in [-0.25, -0.2) is 0 Å². The van der Waals surface area contributed by atoms with Crippen molar-refractivity contribution in [1.82, 2.24) is 10.2 Å². The van der Waals surface area contributed by atoms with E-state index in [0.29, 0.717) is 18.9 Å². The topological polar surface area (TPSA) is 69.6 Å². The summed E-state index contributed by atoms with van der Waals surface area (Å²) in [4.78, 5) is 25.0. The second-order valence-corrected chi connectivity index (χ2v) is 5.56. The quantitative estimate of drug-likeness (QED) is 0.790. The predicted octanol–water partition coefficient (Wildman–Crippen LogP) is 1.08. The van der Waals surface area contributed by atoms with E-state index in [1.165, 1.54) is 0 Å². The fourth-order valence-corrected chi connectivity index (χ4v) is 2.42. The highest BCUT2D eigenvalue weighted by Gasteiger charge is 2.36. The standard InChI is InChI=1S/C13H24N2O3/c1-8(2)14-12(16)10(4)15-6-5-9(3)7-11(15)13(17)18/h8-11H,5-7H2,1-4H3,(H,14,16)(H,17,18). The molecule has 0 aromatic carbocycles. The van der Waals surface area contributed by atoms with Gasteiger partial charge < -0.3 is 10.4 Å². The first kappa shape index (κ1) is 15.0. The zero-order valence-electron chi connectivity index (χ0n) is 11.6. The van der Waals surface area contributed by atoms with Crippen molar-refractivity contribution in [1.29, 1.82) is 0 Å². The van der Waals surface area contributed by atoms with Crippen LogP contribution in [0.2, 0.25) is 0 Å². The summed E-state index contributed by atoms with van der Waals surface area (Å²) in [6.07, 6.45) is 1.57. The number of rotatable bonds is 4. The first-order valence-corrected chi connectivity index (χ1v) is 6.61. The van der Waals surface area contributed by atoms with Gasteiger partial charge in [0, 0.05) is 12.6 Å². The number of carbonyl (C=O) groups excluding carboxylic acids is 1. The van der Waals surface area contributed by atoms with Crippen LogP contribution in [0.15, 0.2) is 0 Å². The van der Waals surface area contributed by atoms with Crippen molar-refractivity contribution < 1.29 is 14.7 Å². The SMILES string of the molecule is CC1CCN(C(C)C(=O)NC(C)C)C(C(=O)O)C1. The molecule has 1 fully saturated rings. The third-order valence-electron chi connectivity index (χ3n) is 3.50. The van der Waals surface area contributed by atoms with Gasteiger partial charge in [-0.2, -0.15) is 0 Å². The summed E-state index contributed by atoms with van der Waals surface area (Å²) in [5.41, 5.74) is 0. The van der Waals surface area contributed by atoms with E-state index in [1.54, 1.807) is 11.8 Å². The van der Waals surface area contributed by atoms with Crippen LogP contribution in [-0.2, 0) is 9.59 Å². The zero-order valence-corrected chi connectivity index (χ0v) is 11.6. The van der Waals surface area contributed by atoms with Crippen molar-refractivity contribution in [3.63, 3.8) is 0 Å². The van der Waals surface area contributed by atoms with E-state index in [1.807, 2.05) is 13.8 Å². The summed E-state index contributed by atoms with van der Waals surface area (Å²) in [5, 5.41) is 12.1. The normalized spacial score (nSPS) is 26.9. The fourth-order valence-electron chi connectivity index (χ4n) is 2.42. The van der Waals surface area contributed by atoms with E-state index in [4.69, 9.17) is 0 Å². The number of piperidine rings is 1. The number of carboxylic acids is 1. The highest BCUT2D eigenvalue weighted by Crippen LogP contribution is 2.24. The number of carboxylic acid groups (broad SMARTS) is 1. The van der Waals surface area contributed by atoms with Gasteiger partial charge in [-0.05, 0) is 39.5 Å². The van der Waals surface area contributed by atoms with Crippen molar-refractivity contribution in [2.24, 2.45) is 5.92 Å². The van der Waals surface area contributed by atoms with Crippen LogP contribution in [0.5, 0.6) is 0 Å². The minimum Gasteiger partial charge on any atom is -0.480 e. The zero-order chi connectivity index (χ0) is 13.9. The summed E-state index contributed by atoms with van der Waals surface area (Å²) in [6.45, 7) is 8.32. The molecule has 0 aromatic rings. The monoisotopic (exact) mass is 256 g/mol. The number of carbonyl (C=O) groups is 2. The van der Waals surface area contributed by atoms with Gasteiger partial charge in [0.25, 0.3) is 0 Å². The van der Waals surface area contributed by atoms with Gasteiger partial charge in [0.15, 0.2) is 0 Å². The third kappa shape index (κ3) is 3.70. The summed E-state index contributed by atoms with van der Waals surface area (Å²) < 4.78 is 0. The average molecular weight is 256 g/mol. The molecule has 1 aliphatic rings. The van der Waals surface area contributed by atoms with E-state index < -0.39 is 12.0 Å². The summed E-state index contributed by atoms with van der Waals surface area (Å²) >= 11 is 0. The molecule has 0 aliphatic carbocycles. The van der Waals surface area contributed by atoms with Crippen LogP contribution in [0, 0.1) is 5.92 Å². The maximum atomic E-state index is 12.0. The molecule has 1 saturated heterocycles. The van der Waals surface area contributed by atoms with Gasteiger partial charge in [-0.1, -0.05) is 6.92 Å². The number of amides is 1. The minimum atomic E-state index is -0.828. The van der Waals surface area contributed by atoms with Crippen LogP contribution in [-0.4, -0.2) is 46.6 Å². The van der Waals surface area contributed by atoms with Gasteiger partial charge in [-0.15, -0.1) is 0 Å². The maximum absolute atomic E-state index is 12.0. The summed E-state index contributed by atoms with van der Waals surface area (Å²) in [6, 6.07) is -0.852. The molecule has 0 radical (unpaired) electrons. The number of likely N-dealkylation sites (tertiary alicyclic amines) is 1. The molecular weight excluding hydrogens is 232 g/mol. The highest BCUT2D eigenvalue weighted by atomic mass is 16.4. The first-order valence-electron chi connectivity index (χ1n) is 6.61. The van der Waals surface area contributed by atoms with Crippen molar-refractivity contribution in [3.05, 3.63) is 0 Å². The molecule has 5 heteroatoms. The Balaban J connectivity index is 2.72. The molecule has 3 unspecified atom stereocenters. The van der Waals surface area contributed by atoms with E-state index in [-0.39, 0.29) is 18.0 Å². The van der Waals surface area contributed by atoms with Gasteiger partial charge in [0.05, 0.1) is 6.04 Å². The summed E-state index contributed by atoms with van der Waals surface area (Å²) in [7, 11) is 0. The molecule has 3 atom stereocenters. The molecule has 0 saturated carbocycles. The maximum Gasteiger partial charge on any atom is 0.320 e. The van der Waals surface area contributed by atoms with Gasteiger partial charge >= 0.3 is 5.97 Å². The highest BCUT2D eigenvalue weighted by molar-refractivity contribution is 5.83. The Morgan fingerprint density at radius 2 is 1.94 bits per heavy atom. The first-order chi connectivity index (χ1) is 8.32. The second-order valence-electron chi connectivity index (χ2n) is 5.56. The van der Waals surface area contributed by atoms with Crippen molar-refractivity contribution >= 4 is 11.9 Å². The Labute approximate surface area is 109 Å². The smallest absolute Gasteiger partial charge is 0.320 e. The van der Waals surface area contributed by atoms with Crippen LogP contribution in [0.4, 0.5) is 0 Å². The van der Waals surface area contributed by atoms with Crippen LogP contribution < -0.4 is 5.32 Å². The Kier molecular flexibility index (Phi) is 5.14. The molecule has 2 N–H and O–H groups in total. The predicted molar refractivity (Wildman–Crippen MR) is 69.3 cm³/mol. The summed E-state index contributed by atoms with van der Waals surface area (Å²) in [5.74, 6) is -0.515. The molecule has 1 heterocycles. The van der Waals surface area contributed by atoms with Crippen molar-refractivity contribution in [2.45, 2.75) is 58.7 Å². The Morgan fingerprint density at radius 1 is 1.33 bits per heavy atom. The number of hydrogen-bond donors (Lipinski definition) is 2. The van der Waals surface area contributed by atoms with E-state index >= 15 is 0 Å². The average Bonchev–Trinajstić information content (AvgIpc) is 2.26. The number of nitrogens with one attached hydrogen (secondary N) is 1. The molecule has 5 nitrogen and oxygen atoms in total. The van der Waals surface area contributed by atoms with E-state index in [9.17, 15) is 14.7 Å². The van der Waals surface area contributed by atoms with Crippen LogP contribution >= 0.6 is 0 Å². The molecule has 0 bridgehead atoms. The van der Waals surface area contributed by atoms with E-state index in [2.05, 4.69) is 12.2 Å². The molecule has 18 heavy (non-hydrogen) atoms. The lowest BCUT2D eigenvalue weighted by Gasteiger charge is -2.39. The van der Waals surface area contributed by atoms with Gasteiger partial charge in [-0.3, -0.25) is 14.5 Å². The van der Waals surface area contributed by atoms with Gasteiger partial charge in [0.1, 0.15) is 6.04 Å². The minimum absolute atomic E-state index is 0.0759. The number of aliphatic carboxylic acids is 1. The van der Waals surface area contributed by atoms with Crippen molar-refractivity contribution in [2.75, 3.05) is 6.54 Å². The largest absolute Gasteiger partial charge is 0.480 e. The lowest BCUT2D eigenvalue weighted by molar-refractivity contribution is -0.148. The molecule has 1 aliphatic heterocycles. The molecular formula is C13H24N2O3. The molecule has 1 rings (SSSR count). The Bertz CT molecular complexity index is 317. The van der Waals surface area contributed by atoms with Crippen LogP contribution in [0.3, 0.4) is 0 Å². The van der Waals surface area contributed by atoms with Gasteiger partial charge in [0.2, 0.25) is 5.91 Å². The lowest BCUT2D eigenvalue weighted by atomic mass is 9.91. The Hall–Kier alpha value is -1.10. The molecule has 0 spiro atoms. The van der Waals surface area contributed by atoms with E-state index in [0.717, 1.165) is 6.42 Å².